The summed E-state index contributed by atoms with van der Waals surface area (Å²) in [5.74, 6) is -0.284. The van der Waals surface area contributed by atoms with Crippen molar-refractivity contribution in [2.24, 2.45) is 4.99 Å². The number of thioether (sulfide) groups is 1. The lowest BCUT2D eigenvalue weighted by Gasteiger charge is -2.15. The van der Waals surface area contributed by atoms with Gasteiger partial charge in [0.05, 0.1) is 25.0 Å². The van der Waals surface area contributed by atoms with Crippen molar-refractivity contribution < 1.29 is 18.7 Å². The van der Waals surface area contributed by atoms with Crippen molar-refractivity contribution >= 4 is 51.5 Å². The molecule has 1 aliphatic rings. The van der Waals surface area contributed by atoms with E-state index in [1.807, 2.05) is 23.6 Å². The average Bonchev–Trinajstić information content (AvgIpc) is 3.40. The van der Waals surface area contributed by atoms with Crippen LogP contribution >= 0.6 is 23.1 Å². The van der Waals surface area contributed by atoms with Gasteiger partial charge in [0, 0.05) is 11.3 Å². The molecule has 0 spiro atoms. The molecule has 1 N–H and O–H groups in total. The van der Waals surface area contributed by atoms with E-state index in [9.17, 15) is 14.0 Å². The zero-order chi connectivity index (χ0) is 22.5. The number of hydrogen-bond donors (Lipinski definition) is 1. The van der Waals surface area contributed by atoms with E-state index < -0.39 is 5.25 Å². The topological polar surface area (TPSA) is 71.0 Å². The molecule has 1 atom stereocenters. The second kappa shape index (κ2) is 9.97. The number of aliphatic imine (C=N–C) groups is 1. The van der Waals surface area contributed by atoms with Gasteiger partial charge in [-0.1, -0.05) is 30.0 Å². The van der Waals surface area contributed by atoms with Crippen LogP contribution in [0.1, 0.15) is 11.3 Å². The molecular weight excluding hydrogens is 449 g/mol. The molecule has 164 valence electrons. The number of thiophene rings is 1. The first-order chi connectivity index (χ1) is 15.5. The van der Waals surface area contributed by atoms with E-state index in [-0.39, 0.29) is 24.1 Å². The standard InChI is InChI=1S/C23H20FN3O3S2/c1-30-19-7-3-2-6-18(19)26-21(28)13-20-22(29)27(14-17-5-4-12-31-17)23(32-20)25-16-10-8-15(24)9-11-16/h2-12,20H,13-14H2,1H3,(H,26,28). The summed E-state index contributed by atoms with van der Waals surface area (Å²) < 4.78 is 18.5. The highest BCUT2D eigenvalue weighted by molar-refractivity contribution is 8.15. The Balaban J connectivity index is 1.53. The number of halogens is 1. The smallest absolute Gasteiger partial charge is 0.243 e. The molecule has 1 aromatic heterocycles. The zero-order valence-electron chi connectivity index (χ0n) is 17.2. The molecule has 1 aliphatic heterocycles. The quantitative estimate of drug-likeness (QED) is 0.525. The number of anilines is 1. The number of carbonyl (C=O) groups excluding carboxylic acids is 2. The molecular formula is C23H20FN3O3S2. The predicted molar refractivity (Wildman–Crippen MR) is 126 cm³/mol. The highest BCUT2D eigenvalue weighted by atomic mass is 32.2. The number of para-hydroxylation sites is 2. The highest BCUT2D eigenvalue weighted by Crippen LogP contribution is 2.34. The molecule has 2 aromatic carbocycles. The summed E-state index contributed by atoms with van der Waals surface area (Å²) in [5, 5.41) is 4.64. The van der Waals surface area contributed by atoms with Crippen molar-refractivity contribution in [2.45, 2.75) is 18.2 Å². The molecule has 1 saturated heterocycles. The second-order valence-corrected chi connectivity index (χ2v) is 9.14. The van der Waals surface area contributed by atoms with Crippen LogP contribution in [0.3, 0.4) is 0 Å². The molecule has 3 aromatic rings. The fraction of sp³-hybridized carbons (Fsp3) is 0.174. The van der Waals surface area contributed by atoms with Gasteiger partial charge in [-0.05, 0) is 47.8 Å². The van der Waals surface area contributed by atoms with Crippen LogP contribution in [0.2, 0.25) is 0 Å². The molecule has 0 saturated carbocycles. The van der Waals surface area contributed by atoms with E-state index in [2.05, 4.69) is 10.3 Å². The minimum absolute atomic E-state index is 0.00900. The van der Waals surface area contributed by atoms with Crippen LogP contribution in [0.25, 0.3) is 0 Å². The third-order valence-corrected chi connectivity index (χ3v) is 6.75. The maximum atomic E-state index is 13.3. The summed E-state index contributed by atoms with van der Waals surface area (Å²) in [6.07, 6.45) is -0.00900. The van der Waals surface area contributed by atoms with Crippen molar-refractivity contribution in [2.75, 3.05) is 12.4 Å². The summed E-state index contributed by atoms with van der Waals surface area (Å²) in [5.41, 5.74) is 1.09. The lowest BCUT2D eigenvalue weighted by Crippen LogP contribution is -2.32. The zero-order valence-corrected chi connectivity index (χ0v) is 18.8. The predicted octanol–water partition coefficient (Wildman–Crippen LogP) is 5.06. The number of rotatable bonds is 7. The van der Waals surface area contributed by atoms with Crippen molar-refractivity contribution in [3.05, 3.63) is 76.7 Å². The number of nitrogens with one attached hydrogen (secondary N) is 1. The fourth-order valence-electron chi connectivity index (χ4n) is 3.17. The third-order valence-electron chi connectivity index (χ3n) is 4.72. The van der Waals surface area contributed by atoms with Crippen molar-refractivity contribution in [3.8, 4) is 5.75 Å². The summed E-state index contributed by atoms with van der Waals surface area (Å²) >= 11 is 2.78. The summed E-state index contributed by atoms with van der Waals surface area (Å²) in [4.78, 5) is 33.0. The molecule has 0 bridgehead atoms. The van der Waals surface area contributed by atoms with Gasteiger partial charge in [0.25, 0.3) is 0 Å². The molecule has 32 heavy (non-hydrogen) atoms. The van der Waals surface area contributed by atoms with Crippen LogP contribution < -0.4 is 10.1 Å². The summed E-state index contributed by atoms with van der Waals surface area (Å²) in [6.45, 7) is 0.369. The number of carbonyl (C=O) groups is 2. The van der Waals surface area contributed by atoms with Gasteiger partial charge in [-0.3, -0.25) is 14.5 Å². The SMILES string of the molecule is COc1ccccc1NC(=O)CC1SC(=Nc2ccc(F)cc2)N(Cc2cccs2)C1=O. The van der Waals surface area contributed by atoms with Gasteiger partial charge >= 0.3 is 0 Å². The Bertz CT molecular complexity index is 1130. The van der Waals surface area contributed by atoms with Gasteiger partial charge in [0.15, 0.2) is 5.17 Å². The van der Waals surface area contributed by atoms with Gasteiger partial charge < -0.3 is 10.1 Å². The van der Waals surface area contributed by atoms with Gasteiger partial charge in [0.1, 0.15) is 16.8 Å². The van der Waals surface area contributed by atoms with E-state index in [1.165, 1.54) is 31.0 Å². The van der Waals surface area contributed by atoms with E-state index >= 15 is 0 Å². The maximum Gasteiger partial charge on any atom is 0.243 e. The molecule has 9 heteroatoms. The first-order valence-corrected chi connectivity index (χ1v) is 11.6. The van der Waals surface area contributed by atoms with Crippen LogP contribution in [-0.2, 0) is 16.1 Å². The largest absolute Gasteiger partial charge is 0.495 e. The van der Waals surface area contributed by atoms with E-state index in [1.54, 1.807) is 46.6 Å². The molecule has 4 rings (SSSR count). The van der Waals surface area contributed by atoms with Crippen LogP contribution in [-0.4, -0.2) is 34.2 Å². The lowest BCUT2D eigenvalue weighted by molar-refractivity contribution is -0.128. The number of ether oxygens (including phenoxy) is 1. The molecule has 2 amide bonds. The van der Waals surface area contributed by atoms with Crippen LogP contribution in [0.15, 0.2) is 71.0 Å². The summed E-state index contributed by atoms with van der Waals surface area (Å²) in [6, 6.07) is 16.7. The molecule has 0 radical (unpaired) electrons. The Morgan fingerprint density at radius 1 is 1.16 bits per heavy atom. The minimum Gasteiger partial charge on any atom is -0.495 e. The Kier molecular flexibility index (Phi) is 6.87. The third kappa shape index (κ3) is 5.17. The first-order valence-electron chi connectivity index (χ1n) is 9.81. The average molecular weight is 470 g/mol. The Morgan fingerprint density at radius 3 is 2.66 bits per heavy atom. The van der Waals surface area contributed by atoms with Gasteiger partial charge in [0.2, 0.25) is 11.8 Å². The Morgan fingerprint density at radius 2 is 1.94 bits per heavy atom. The van der Waals surface area contributed by atoms with Gasteiger partial charge in [-0.2, -0.15) is 0 Å². The van der Waals surface area contributed by atoms with Crippen LogP contribution in [0.4, 0.5) is 15.8 Å². The first kappa shape index (κ1) is 22.0. The van der Waals surface area contributed by atoms with Crippen LogP contribution in [0.5, 0.6) is 5.75 Å². The molecule has 1 unspecified atom stereocenters. The van der Waals surface area contributed by atoms with Crippen molar-refractivity contribution in [1.82, 2.24) is 4.90 Å². The van der Waals surface area contributed by atoms with E-state index in [4.69, 9.17) is 4.74 Å². The minimum atomic E-state index is -0.608. The number of hydrogen-bond acceptors (Lipinski definition) is 6. The maximum absolute atomic E-state index is 13.3. The van der Waals surface area contributed by atoms with E-state index in [0.717, 1.165) is 4.88 Å². The second-order valence-electron chi connectivity index (χ2n) is 6.93. The van der Waals surface area contributed by atoms with Crippen molar-refractivity contribution in [3.63, 3.8) is 0 Å². The van der Waals surface area contributed by atoms with Crippen molar-refractivity contribution in [1.29, 1.82) is 0 Å². The fourth-order valence-corrected chi connectivity index (χ4v) is 5.02. The number of nitrogens with zero attached hydrogens (tertiary/aromatic N) is 2. The Labute approximate surface area is 193 Å². The number of methoxy groups -OCH3 is 1. The van der Waals surface area contributed by atoms with E-state index in [0.29, 0.717) is 28.8 Å². The Hall–Kier alpha value is -3.17. The molecule has 1 fully saturated rings. The lowest BCUT2D eigenvalue weighted by atomic mass is 10.2. The number of amides is 2. The highest BCUT2D eigenvalue weighted by Gasteiger charge is 2.39. The van der Waals surface area contributed by atoms with Gasteiger partial charge in [-0.25, -0.2) is 9.38 Å². The molecule has 2 heterocycles. The number of amidine groups is 1. The molecule has 0 aliphatic carbocycles. The monoisotopic (exact) mass is 469 g/mol. The molecule has 6 nitrogen and oxygen atoms in total. The van der Waals surface area contributed by atoms with Gasteiger partial charge in [-0.15, -0.1) is 11.3 Å². The summed E-state index contributed by atoms with van der Waals surface area (Å²) in [7, 11) is 1.53. The number of benzene rings is 2. The van der Waals surface area contributed by atoms with Crippen LogP contribution in [0, 0.1) is 5.82 Å². The normalized spacial score (nSPS) is 17.1.